The second-order valence-electron chi connectivity index (χ2n) is 8.85. The van der Waals surface area contributed by atoms with Crippen LogP contribution < -0.4 is 20.1 Å². The Balaban J connectivity index is 1.13. The van der Waals surface area contributed by atoms with Crippen molar-refractivity contribution in [1.82, 2.24) is 9.97 Å². The van der Waals surface area contributed by atoms with Gasteiger partial charge in [-0.3, -0.25) is 9.59 Å². The molecule has 8 nitrogen and oxygen atoms in total. The third-order valence-corrected chi connectivity index (χ3v) is 9.92. The monoisotopic (exact) mass is 624 g/mol. The van der Waals surface area contributed by atoms with Crippen LogP contribution in [0, 0.1) is 6.92 Å². The van der Waals surface area contributed by atoms with Crippen LogP contribution in [-0.2, 0) is 9.59 Å². The predicted molar refractivity (Wildman–Crippen MR) is 171 cm³/mol. The Bertz CT molecular complexity index is 1580. The molecular weight excluding hydrogens is 597 g/mol. The Hall–Kier alpha value is -3.32. The summed E-state index contributed by atoms with van der Waals surface area (Å²) in [4.78, 5) is 34.6. The molecule has 0 aliphatic heterocycles. The smallest absolute Gasteiger partial charge is 0.234 e. The first-order valence-electron chi connectivity index (χ1n) is 12.9. The summed E-state index contributed by atoms with van der Waals surface area (Å²) in [7, 11) is 0. The highest BCUT2D eigenvalue weighted by Gasteiger charge is 2.12. The largest absolute Gasteiger partial charge is 0.494 e. The highest BCUT2D eigenvalue weighted by atomic mass is 32.2. The van der Waals surface area contributed by atoms with Gasteiger partial charge in [0.1, 0.15) is 11.5 Å². The Labute approximate surface area is 254 Å². The zero-order chi connectivity index (χ0) is 28.8. The van der Waals surface area contributed by atoms with Gasteiger partial charge in [-0.1, -0.05) is 23.5 Å². The van der Waals surface area contributed by atoms with Crippen molar-refractivity contribution in [1.29, 1.82) is 0 Å². The number of thiazole rings is 2. The first-order valence-corrected chi connectivity index (χ1v) is 16.5. The van der Waals surface area contributed by atoms with Crippen LogP contribution in [0.4, 0.5) is 11.4 Å². The molecule has 2 aromatic heterocycles. The number of nitrogens with zero attached hydrogens (tertiary/aromatic N) is 2. The molecule has 5 rings (SSSR count). The van der Waals surface area contributed by atoms with Crippen molar-refractivity contribution in [2.75, 3.05) is 35.4 Å². The number of thioether (sulfide) groups is 2. The van der Waals surface area contributed by atoms with Crippen molar-refractivity contribution in [2.24, 2.45) is 0 Å². The molecule has 0 unspecified atom stereocenters. The molecule has 41 heavy (non-hydrogen) atoms. The molecular formula is C29H28N4O4S4. The van der Waals surface area contributed by atoms with Gasteiger partial charge in [0.15, 0.2) is 8.68 Å². The fourth-order valence-corrected chi connectivity index (χ4v) is 7.77. The minimum atomic E-state index is -0.147. The number of benzene rings is 3. The number of carbonyl (C=O) groups excluding carboxylic acids is 2. The van der Waals surface area contributed by atoms with Gasteiger partial charge in [0.2, 0.25) is 11.8 Å². The fourth-order valence-electron chi connectivity index (χ4n) is 3.98. The van der Waals surface area contributed by atoms with Crippen molar-refractivity contribution in [3.63, 3.8) is 0 Å². The van der Waals surface area contributed by atoms with Gasteiger partial charge >= 0.3 is 0 Å². The van der Waals surface area contributed by atoms with E-state index in [0.29, 0.717) is 24.6 Å². The average molecular weight is 625 g/mol. The van der Waals surface area contributed by atoms with E-state index in [0.717, 1.165) is 46.2 Å². The van der Waals surface area contributed by atoms with E-state index in [1.54, 1.807) is 6.07 Å². The number of aromatic nitrogens is 2. The van der Waals surface area contributed by atoms with Crippen molar-refractivity contribution in [3.8, 4) is 11.5 Å². The molecule has 0 aliphatic carbocycles. The maximum atomic E-state index is 12.7. The number of fused-ring (bicyclic) bond motifs is 2. The van der Waals surface area contributed by atoms with Crippen LogP contribution in [0.2, 0.25) is 0 Å². The lowest BCUT2D eigenvalue weighted by Crippen LogP contribution is -2.16. The molecule has 0 aliphatic rings. The van der Waals surface area contributed by atoms with Crippen LogP contribution in [0.15, 0.2) is 63.3 Å². The minimum absolute atomic E-state index is 0.147. The molecule has 0 saturated carbocycles. The first kappa shape index (κ1) is 29.2. The number of ether oxygens (including phenoxy) is 2. The molecule has 2 heterocycles. The molecule has 212 valence electrons. The van der Waals surface area contributed by atoms with Gasteiger partial charge in [0.05, 0.1) is 45.2 Å². The third-order valence-electron chi connectivity index (χ3n) is 5.60. The molecule has 2 amide bonds. The molecule has 0 saturated heterocycles. The van der Waals surface area contributed by atoms with Gasteiger partial charge in [0.25, 0.3) is 0 Å². The second kappa shape index (κ2) is 13.6. The lowest BCUT2D eigenvalue weighted by Gasteiger charge is -2.10. The van der Waals surface area contributed by atoms with E-state index in [2.05, 4.69) is 20.6 Å². The van der Waals surface area contributed by atoms with Crippen molar-refractivity contribution in [2.45, 2.75) is 29.5 Å². The van der Waals surface area contributed by atoms with Crippen LogP contribution in [0.1, 0.15) is 19.4 Å². The number of nitrogens with one attached hydrogen (secondary N) is 2. The summed E-state index contributed by atoms with van der Waals surface area (Å²) >= 11 is 5.86. The van der Waals surface area contributed by atoms with E-state index >= 15 is 0 Å². The van der Waals surface area contributed by atoms with E-state index < -0.39 is 0 Å². The van der Waals surface area contributed by atoms with Gasteiger partial charge in [-0.2, -0.15) is 0 Å². The maximum Gasteiger partial charge on any atom is 0.234 e. The molecule has 0 radical (unpaired) electrons. The summed E-state index contributed by atoms with van der Waals surface area (Å²) in [6.45, 7) is 7.03. The molecule has 12 heteroatoms. The number of anilines is 2. The predicted octanol–water partition coefficient (Wildman–Crippen LogP) is 7.47. The Morgan fingerprint density at radius 1 is 0.732 bits per heavy atom. The SMILES string of the molecule is CCOc1ccc2nc(SCC(=O)Nc3cc(C)cc(NC(=O)CSc4nc5ccc(OCC)cc5s4)c3)sc2c1. The summed E-state index contributed by atoms with van der Waals surface area (Å²) in [5.41, 5.74) is 3.95. The van der Waals surface area contributed by atoms with E-state index in [4.69, 9.17) is 9.47 Å². The second-order valence-corrected chi connectivity index (χ2v) is 13.4. The van der Waals surface area contributed by atoms with E-state index in [-0.39, 0.29) is 23.3 Å². The Morgan fingerprint density at radius 3 is 1.63 bits per heavy atom. The number of carbonyl (C=O) groups is 2. The summed E-state index contributed by atoms with van der Waals surface area (Å²) in [6.07, 6.45) is 0. The highest BCUT2D eigenvalue weighted by molar-refractivity contribution is 8.02. The van der Waals surface area contributed by atoms with Crippen molar-refractivity contribution >= 4 is 89.8 Å². The first-order chi connectivity index (χ1) is 19.9. The number of rotatable bonds is 12. The Morgan fingerprint density at radius 2 is 1.20 bits per heavy atom. The zero-order valence-corrected chi connectivity index (χ0v) is 26.0. The topological polar surface area (TPSA) is 102 Å². The molecule has 2 N–H and O–H groups in total. The van der Waals surface area contributed by atoms with E-state index in [1.165, 1.54) is 46.2 Å². The number of hydrogen-bond donors (Lipinski definition) is 2. The van der Waals surface area contributed by atoms with Gasteiger partial charge in [-0.15, -0.1) is 22.7 Å². The Kier molecular flexibility index (Phi) is 9.65. The molecule has 5 aromatic rings. The number of amides is 2. The van der Waals surface area contributed by atoms with E-state index in [1.807, 2.05) is 69.3 Å². The number of hydrogen-bond acceptors (Lipinski definition) is 10. The average Bonchev–Trinajstić information content (AvgIpc) is 3.53. The maximum absolute atomic E-state index is 12.7. The molecule has 3 aromatic carbocycles. The van der Waals surface area contributed by atoms with Crippen LogP contribution in [-0.4, -0.2) is 46.5 Å². The molecule has 0 spiro atoms. The summed E-state index contributed by atoms with van der Waals surface area (Å²) in [5, 5.41) is 5.87. The lowest BCUT2D eigenvalue weighted by molar-refractivity contribution is -0.114. The van der Waals surface area contributed by atoms with Crippen LogP contribution in [0.3, 0.4) is 0 Å². The minimum Gasteiger partial charge on any atom is -0.494 e. The summed E-state index contributed by atoms with van der Waals surface area (Å²) in [6, 6.07) is 17.1. The molecule has 0 bridgehead atoms. The lowest BCUT2D eigenvalue weighted by atomic mass is 10.2. The number of aryl methyl sites for hydroxylation is 1. The van der Waals surface area contributed by atoms with E-state index in [9.17, 15) is 9.59 Å². The van der Waals surface area contributed by atoms with Gasteiger partial charge in [-0.05, 0) is 80.9 Å². The molecule has 0 atom stereocenters. The zero-order valence-electron chi connectivity index (χ0n) is 22.7. The van der Waals surface area contributed by atoms with Crippen LogP contribution in [0.25, 0.3) is 20.4 Å². The van der Waals surface area contributed by atoms with Gasteiger partial charge in [-0.25, -0.2) is 9.97 Å². The quantitative estimate of drug-likeness (QED) is 0.138. The van der Waals surface area contributed by atoms with Crippen molar-refractivity contribution in [3.05, 3.63) is 60.2 Å². The summed E-state index contributed by atoms with van der Waals surface area (Å²) < 4.78 is 14.8. The normalized spacial score (nSPS) is 11.1. The molecule has 0 fully saturated rings. The standard InChI is InChI=1S/C29H28N4O4S4/c1-4-36-20-6-8-22-24(13-20)40-28(32-22)38-15-26(34)30-18-10-17(3)11-19(12-18)31-27(35)16-39-29-33-23-9-7-21(37-5-2)14-25(23)41-29/h6-14H,4-5,15-16H2,1-3H3,(H,30,34)(H,31,35). The fraction of sp³-hybridized carbons (Fsp3) is 0.241. The van der Waals surface area contributed by atoms with Gasteiger partial charge in [0, 0.05) is 11.4 Å². The highest BCUT2D eigenvalue weighted by Crippen LogP contribution is 2.33. The van der Waals surface area contributed by atoms with Gasteiger partial charge < -0.3 is 20.1 Å². The summed E-state index contributed by atoms with van der Waals surface area (Å²) in [5.74, 6) is 1.77. The van der Waals surface area contributed by atoms with Crippen LogP contribution in [0.5, 0.6) is 11.5 Å². The third kappa shape index (κ3) is 7.91. The van der Waals surface area contributed by atoms with Crippen LogP contribution >= 0.6 is 46.2 Å². The van der Waals surface area contributed by atoms with Crippen molar-refractivity contribution < 1.29 is 19.1 Å².